The summed E-state index contributed by atoms with van der Waals surface area (Å²) in [4.78, 5) is 25.2. The molecule has 0 aliphatic rings. The van der Waals surface area contributed by atoms with Crippen LogP contribution in [0.5, 0.6) is 0 Å². The van der Waals surface area contributed by atoms with E-state index < -0.39 is 23.6 Å². The van der Waals surface area contributed by atoms with Crippen LogP contribution < -0.4 is 10.6 Å². The Kier molecular flexibility index (Phi) is 8.07. The second kappa shape index (κ2) is 11.1. The van der Waals surface area contributed by atoms with Crippen molar-refractivity contribution >= 4 is 68.9 Å². The van der Waals surface area contributed by atoms with Crippen molar-refractivity contribution < 1.29 is 27.3 Å². The minimum atomic E-state index is -4.58. The minimum absolute atomic E-state index is 0.0348. The number of halogens is 5. The van der Waals surface area contributed by atoms with E-state index in [2.05, 4.69) is 26.0 Å². The number of benzene rings is 2. The molecule has 0 saturated heterocycles. The second-order valence-electron chi connectivity index (χ2n) is 7.30. The van der Waals surface area contributed by atoms with Crippen molar-refractivity contribution in [1.29, 1.82) is 0 Å². The summed E-state index contributed by atoms with van der Waals surface area (Å²) in [5, 5.41) is 17.2. The summed E-state index contributed by atoms with van der Waals surface area (Å²) >= 11 is 14.1. The van der Waals surface area contributed by atoms with Crippen LogP contribution in [0.2, 0.25) is 10.0 Å². The fraction of sp³-hybridized carbons (Fsp3) is 0.136. The van der Waals surface area contributed by atoms with E-state index in [-0.39, 0.29) is 38.6 Å². The summed E-state index contributed by atoms with van der Waals surface area (Å²) in [6.07, 6.45) is -4.58. The molecule has 0 fully saturated rings. The normalized spacial score (nSPS) is 11.4. The lowest BCUT2D eigenvalue weighted by molar-refractivity contribution is -0.137. The van der Waals surface area contributed by atoms with Gasteiger partial charge in [-0.3, -0.25) is 14.9 Å². The molecule has 0 saturated carbocycles. The molecule has 0 radical (unpaired) electrons. The van der Waals surface area contributed by atoms with Gasteiger partial charge in [-0.05, 0) is 31.2 Å². The largest absolute Gasteiger partial charge is 0.416 e. The Morgan fingerprint density at radius 2 is 1.84 bits per heavy atom. The van der Waals surface area contributed by atoms with Crippen molar-refractivity contribution in [3.63, 3.8) is 0 Å². The number of amides is 2. The zero-order valence-electron chi connectivity index (χ0n) is 18.5. The first-order valence-corrected chi connectivity index (χ1v) is 12.7. The van der Waals surface area contributed by atoms with Crippen LogP contribution >= 0.6 is 46.3 Å². The van der Waals surface area contributed by atoms with Crippen LogP contribution in [0, 0.1) is 6.92 Å². The number of nitrogens with zero attached hydrogens (tertiary/aromatic N) is 3. The average Bonchev–Trinajstić information content (AvgIpc) is 3.44. The van der Waals surface area contributed by atoms with Crippen LogP contribution in [0.25, 0.3) is 11.3 Å². The van der Waals surface area contributed by atoms with Crippen LogP contribution in [0.3, 0.4) is 0 Å². The third-order valence-electron chi connectivity index (χ3n) is 4.74. The first kappa shape index (κ1) is 26.9. The number of hydrogen-bond acceptors (Lipinski definition) is 8. The third-order valence-corrected chi connectivity index (χ3v) is 7.37. The van der Waals surface area contributed by atoms with E-state index in [0.29, 0.717) is 14.9 Å². The average molecular weight is 588 g/mol. The first-order valence-electron chi connectivity index (χ1n) is 10.2. The Morgan fingerprint density at radius 1 is 1.08 bits per heavy atom. The first-order chi connectivity index (χ1) is 17.5. The van der Waals surface area contributed by atoms with Gasteiger partial charge in [-0.1, -0.05) is 69.7 Å². The van der Waals surface area contributed by atoms with Gasteiger partial charge in [0.1, 0.15) is 17.0 Å². The van der Waals surface area contributed by atoms with E-state index in [0.717, 1.165) is 41.3 Å². The highest BCUT2D eigenvalue weighted by Crippen LogP contribution is 2.35. The van der Waals surface area contributed by atoms with Gasteiger partial charge in [0, 0.05) is 5.56 Å². The fourth-order valence-electron chi connectivity index (χ4n) is 3.07. The third kappa shape index (κ3) is 6.42. The predicted octanol–water partition coefficient (Wildman–Crippen LogP) is 6.81. The molecule has 2 aromatic carbocycles. The monoisotopic (exact) mass is 587 g/mol. The number of aromatic nitrogens is 3. The molecule has 0 aliphatic heterocycles. The molecule has 15 heteroatoms. The van der Waals surface area contributed by atoms with Gasteiger partial charge in [-0.15, -0.1) is 10.2 Å². The Morgan fingerprint density at radius 3 is 2.57 bits per heavy atom. The Labute approximate surface area is 225 Å². The number of anilines is 2. The number of rotatable bonds is 7. The lowest BCUT2D eigenvalue weighted by Crippen LogP contribution is -2.15. The zero-order chi connectivity index (χ0) is 26.7. The summed E-state index contributed by atoms with van der Waals surface area (Å²) in [6.45, 7) is 1.58. The summed E-state index contributed by atoms with van der Waals surface area (Å²) in [6, 6.07) is 9.49. The molecule has 37 heavy (non-hydrogen) atoms. The van der Waals surface area contributed by atoms with E-state index in [1.807, 2.05) is 0 Å². The molecule has 0 aliphatic carbocycles. The molecule has 2 heterocycles. The van der Waals surface area contributed by atoms with Gasteiger partial charge in [0.2, 0.25) is 11.0 Å². The minimum Gasteiger partial charge on any atom is -0.360 e. The van der Waals surface area contributed by atoms with Gasteiger partial charge < -0.3 is 9.84 Å². The maximum Gasteiger partial charge on any atom is 0.416 e. The van der Waals surface area contributed by atoms with Crippen molar-refractivity contribution in [2.24, 2.45) is 0 Å². The van der Waals surface area contributed by atoms with Gasteiger partial charge in [-0.2, -0.15) is 13.2 Å². The van der Waals surface area contributed by atoms with Crippen LogP contribution in [0.1, 0.15) is 21.7 Å². The van der Waals surface area contributed by atoms with Crippen molar-refractivity contribution in [3.05, 3.63) is 69.4 Å². The van der Waals surface area contributed by atoms with Crippen molar-refractivity contribution in [3.8, 4) is 11.3 Å². The topological polar surface area (TPSA) is 110 Å². The standard InChI is InChI=1S/C22H14Cl2F3N5O3S2/c1-10-17(18(32-35-10)12-4-2-3-5-13(12)23)19(34)29-20-30-31-21(37-20)36-9-16(33)28-15-8-11(22(25,26)27)6-7-14(15)24/h2-8H,9H2,1H3,(H,28,33)(H,29,30,34). The molecule has 4 aromatic rings. The highest BCUT2D eigenvalue weighted by molar-refractivity contribution is 8.01. The van der Waals surface area contributed by atoms with Crippen molar-refractivity contribution in [2.45, 2.75) is 17.4 Å². The SMILES string of the molecule is Cc1onc(-c2ccccc2Cl)c1C(=O)Nc1nnc(SCC(=O)Nc2cc(C(F)(F)F)ccc2Cl)s1. The second-order valence-corrected chi connectivity index (χ2v) is 10.3. The van der Waals surface area contributed by atoms with E-state index in [1.54, 1.807) is 31.2 Å². The summed E-state index contributed by atoms with van der Waals surface area (Å²) in [5.74, 6) is -1.05. The Hall–Kier alpha value is -3.13. The van der Waals surface area contributed by atoms with E-state index in [4.69, 9.17) is 27.7 Å². The smallest absolute Gasteiger partial charge is 0.360 e. The van der Waals surface area contributed by atoms with E-state index in [1.165, 1.54) is 0 Å². The molecule has 0 atom stereocenters. The number of hydrogen-bond donors (Lipinski definition) is 2. The number of nitrogens with one attached hydrogen (secondary N) is 2. The molecule has 2 aromatic heterocycles. The molecule has 8 nitrogen and oxygen atoms in total. The highest BCUT2D eigenvalue weighted by Gasteiger charge is 2.31. The Bertz CT molecular complexity index is 1480. The molecule has 0 spiro atoms. The number of thioether (sulfide) groups is 1. The molecule has 2 amide bonds. The maximum absolute atomic E-state index is 12.9. The summed E-state index contributed by atoms with van der Waals surface area (Å²) in [5.41, 5.74) is -0.137. The number of alkyl halides is 3. The van der Waals surface area contributed by atoms with Gasteiger partial charge in [0.15, 0.2) is 4.34 Å². The van der Waals surface area contributed by atoms with Crippen LogP contribution in [0.15, 0.2) is 51.3 Å². The van der Waals surface area contributed by atoms with Gasteiger partial charge in [-0.25, -0.2) is 0 Å². The van der Waals surface area contributed by atoms with E-state index in [9.17, 15) is 22.8 Å². The highest BCUT2D eigenvalue weighted by atomic mass is 35.5. The lowest BCUT2D eigenvalue weighted by Gasteiger charge is -2.11. The summed E-state index contributed by atoms with van der Waals surface area (Å²) < 4.78 is 44.3. The molecule has 2 N–H and O–H groups in total. The van der Waals surface area contributed by atoms with Crippen LogP contribution in [-0.4, -0.2) is 32.9 Å². The van der Waals surface area contributed by atoms with Crippen LogP contribution in [0.4, 0.5) is 24.0 Å². The zero-order valence-corrected chi connectivity index (χ0v) is 21.7. The summed E-state index contributed by atoms with van der Waals surface area (Å²) in [7, 11) is 0. The molecule has 4 rings (SSSR count). The van der Waals surface area contributed by atoms with Crippen molar-refractivity contribution in [2.75, 3.05) is 16.4 Å². The van der Waals surface area contributed by atoms with Crippen LogP contribution in [-0.2, 0) is 11.0 Å². The lowest BCUT2D eigenvalue weighted by atomic mass is 10.1. The van der Waals surface area contributed by atoms with Crippen molar-refractivity contribution in [1.82, 2.24) is 15.4 Å². The maximum atomic E-state index is 12.9. The number of aryl methyl sites for hydroxylation is 1. The molecule has 0 unspecified atom stereocenters. The molecule has 192 valence electrons. The van der Waals surface area contributed by atoms with E-state index >= 15 is 0 Å². The molecular formula is C22H14Cl2F3N5O3S2. The number of carbonyl (C=O) groups is 2. The number of carbonyl (C=O) groups excluding carboxylic acids is 2. The predicted molar refractivity (Wildman–Crippen MR) is 135 cm³/mol. The van der Waals surface area contributed by atoms with Gasteiger partial charge in [0.05, 0.1) is 27.0 Å². The molecule has 0 bridgehead atoms. The van der Waals surface area contributed by atoms with Gasteiger partial charge >= 0.3 is 6.18 Å². The van der Waals surface area contributed by atoms with Gasteiger partial charge in [0.25, 0.3) is 5.91 Å². The molecular weight excluding hydrogens is 574 g/mol. The Balaban J connectivity index is 1.39. The quantitative estimate of drug-likeness (QED) is 0.180. The fourth-order valence-corrected chi connectivity index (χ4v) is 5.00.